The molecule has 7 heteroatoms. The van der Waals surface area contributed by atoms with Gasteiger partial charge < -0.3 is 10.1 Å². The molecule has 0 bridgehead atoms. The summed E-state index contributed by atoms with van der Waals surface area (Å²) in [5.41, 5.74) is -0.504. The molecule has 1 N–H and O–H groups in total. The lowest BCUT2D eigenvalue weighted by Crippen LogP contribution is -2.22. The van der Waals surface area contributed by atoms with Gasteiger partial charge in [-0.1, -0.05) is 29.8 Å². The number of para-hydroxylation sites is 1. The molecule has 0 saturated heterocycles. The van der Waals surface area contributed by atoms with E-state index in [2.05, 4.69) is 10.1 Å². The number of benzene rings is 2. The van der Waals surface area contributed by atoms with Crippen LogP contribution in [0.25, 0.3) is 0 Å². The number of hydrogen-bond donors (Lipinski definition) is 1. The van der Waals surface area contributed by atoms with Crippen molar-refractivity contribution >= 4 is 29.2 Å². The minimum absolute atomic E-state index is 0.308. The number of carbonyl (C=O) groups is 2. The van der Waals surface area contributed by atoms with Gasteiger partial charge in [-0.15, -0.1) is 0 Å². The molecule has 22 heavy (non-hydrogen) atoms. The Labute approximate surface area is 129 Å². The van der Waals surface area contributed by atoms with Gasteiger partial charge in [0.15, 0.2) is 6.61 Å². The zero-order valence-corrected chi connectivity index (χ0v) is 11.9. The summed E-state index contributed by atoms with van der Waals surface area (Å²) < 4.78 is 31.3. The average molecular weight is 326 g/mol. The molecule has 114 valence electrons. The smallest absolute Gasteiger partial charge is 0.344 e. The van der Waals surface area contributed by atoms with Crippen LogP contribution in [0.1, 0.15) is 10.4 Å². The molecular weight excluding hydrogens is 316 g/mol. The number of anilines is 1. The summed E-state index contributed by atoms with van der Waals surface area (Å²) in [6.45, 7) is -0.697. The first-order valence-corrected chi connectivity index (χ1v) is 6.52. The normalized spacial score (nSPS) is 10.1. The van der Waals surface area contributed by atoms with Gasteiger partial charge in [0.05, 0.1) is 10.7 Å². The fourth-order valence-electron chi connectivity index (χ4n) is 1.64. The minimum atomic E-state index is -1.26. The summed E-state index contributed by atoms with van der Waals surface area (Å²) in [6, 6.07) is 9.41. The molecule has 0 saturated carbocycles. The van der Waals surface area contributed by atoms with Crippen LogP contribution in [0.3, 0.4) is 0 Å². The summed E-state index contributed by atoms with van der Waals surface area (Å²) in [4.78, 5) is 23.2. The number of amides is 1. The number of ether oxygens (including phenoxy) is 1. The number of esters is 1. The number of hydrogen-bond acceptors (Lipinski definition) is 3. The lowest BCUT2D eigenvalue weighted by atomic mass is 10.2. The standard InChI is InChI=1S/C15H10ClF2NO3/c16-9-4-1-2-7-12(9)19-13(20)8-22-15(21)14-10(17)5-3-6-11(14)18/h1-7H,8H2,(H,19,20). The van der Waals surface area contributed by atoms with E-state index >= 15 is 0 Å². The van der Waals surface area contributed by atoms with Gasteiger partial charge in [0.25, 0.3) is 5.91 Å². The van der Waals surface area contributed by atoms with Gasteiger partial charge in [0, 0.05) is 0 Å². The quantitative estimate of drug-likeness (QED) is 0.876. The summed E-state index contributed by atoms with van der Waals surface area (Å²) in [5.74, 6) is -4.06. The highest BCUT2D eigenvalue weighted by atomic mass is 35.5. The molecule has 4 nitrogen and oxygen atoms in total. The third kappa shape index (κ3) is 3.79. The fraction of sp³-hybridized carbons (Fsp3) is 0.0667. The van der Waals surface area contributed by atoms with Gasteiger partial charge in [-0.05, 0) is 24.3 Å². The maximum Gasteiger partial charge on any atom is 0.344 e. The molecule has 2 rings (SSSR count). The molecular formula is C15H10ClF2NO3. The van der Waals surface area contributed by atoms with Crippen molar-refractivity contribution in [2.45, 2.75) is 0 Å². The molecule has 1 amide bonds. The maximum absolute atomic E-state index is 13.4. The monoisotopic (exact) mass is 325 g/mol. The number of rotatable bonds is 4. The SMILES string of the molecule is O=C(COC(=O)c1c(F)cccc1F)Nc1ccccc1Cl. The predicted molar refractivity (Wildman–Crippen MR) is 76.7 cm³/mol. The third-order valence-corrected chi connectivity index (χ3v) is 2.98. The Hall–Kier alpha value is -2.47. The topological polar surface area (TPSA) is 55.4 Å². The molecule has 0 heterocycles. The van der Waals surface area contributed by atoms with Crippen molar-refractivity contribution in [1.29, 1.82) is 0 Å². The summed E-state index contributed by atoms with van der Waals surface area (Å²) >= 11 is 5.85. The van der Waals surface area contributed by atoms with Crippen LogP contribution in [0.2, 0.25) is 5.02 Å². The van der Waals surface area contributed by atoms with E-state index < -0.39 is 35.7 Å². The van der Waals surface area contributed by atoms with Crippen LogP contribution in [-0.4, -0.2) is 18.5 Å². The highest BCUT2D eigenvalue weighted by Gasteiger charge is 2.19. The van der Waals surface area contributed by atoms with E-state index in [1.165, 1.54) is 0 Å². The van der Waals surface area contributed by atoms with Crippen LogP contribution in [0.4, 0.5) is 14.5 Å². The first-order valence-electron chi connectivity index (χ1n) is 6.14. The number of halogens is 3. The Morgan fingerprint density at radius 1 is 1.05 bits per heavy atom. The van der Waals surface area contributed by atoms with E-state index in [-0.39, 0.29) is 0 Å². The Morgan fingerprint density at radius 2 is 1.68 bits per heavy atom. The number of nitrogens with one attached hydrogen (secondary N) is 1. The summed E-state index contributed by atoms with van der Waals surface area (Å²) in [5, 5.41) is 2.72. The molecule has 0 atom stereocenters. The van der Waals surface area contributed by atoms with Crippen LogP contribution < -0.4 is 5.32 Å². The van der Waals surface area contributed by atoms with Crippen molar-refractivity contribution in [2.24, 2.45) is 0 Å². The van der Waals surface area contributed by atoms with E-state index in [1.54, 1.807) is 24.3 Å². The fourth-order valence-corrected chi connectivity index (χ4v) is 1.83. The molecule has 0 spiro atoms. The molecule has 2 aromatic carbocycles. The first-order chi connectivity index (χ1) is 10.5. The van der Waals surface area contributed by atoms with Gasteiger partial charge in [0.1, 0.15) is 17.2 Å². The van der Waals surface area contributed by atoms with E-state index in [1.807, 2.05) is 0 Å². The van der Waals surface area contributed by atoms with E-state index in [0.717, 1.165) is 18.2 Å². The Balaban J connectivity index is 1.97. The molecule has 0 unspecified atom stereocenters. The van der Waals surface area contributed by atoms with Crippen LogP contribution in [0, 0.1) is 11.6 Å². The predicted octanol–water partition coefficient (Wildman–Crippen LogP) is 3.41. The van der Waals surface area contributed by atoms with Crippen molar-refractivity contribution in [3.63, 3.8) is 0 Å². The molecule has 0 aliphatic heterocycles. The molecule has 0 aliphatic carbocycles. The zero-order valence-electron chi connectivity index (χ0n) is 11.1. The molecule has 0 fully saturated rings. The molecule has 0 radical (unpaired) electrons. The van der Waals surface area contributed by atoms with Crippen LogP contribution in [0.5, 0.6) is 0 Å². The Bertz CT molecular complexity index is 701. The van der Waals surface area contributed by atoms with E-state index in [4.69, 9.17) is 11.6 Å². The average Bonchev–Trinajstić information content (AvgIpc) is 2.47. The van der Waals surface area contributed by atoms with Crippen LogP contribution in [0.15, 0.2) is 42.5 Å². The largest absolute Gasteiger partial charge is 0.452 e. The van der Waals surface area contributed by atoms with Gasteiger partial charge in [-0.3, -0.25) is 4.79 Å². The highest BCUT2D eigenvalue weighted by molar-refractivity contribution is 6.33. The second kappa shape index (κ2) is 7.00. The van der Waals surface area contributed by atoms with Gasteiger partial charge in [-0.2, -0.15) is 0 Å². The van der Waals surface area contributed by atoms with Crippen molar-refractivity contribution < 1.29 is 23.1 Å². The van der Waals surface area contributed by atoms with Crippen molar-refractivity contribution in [1.82, 2.24) is 0 Å². The second-order valence-electron chi connectivity index (χ2n) is 4.20. The highest BCUT2D eigenvalue weighted by Crippen LogP contribution is 2.20. The summed E-state index contributed by atoms with van der Waals surface area (Å²) in [7, 11) is 0. The lowest BCUT2D eigenvalue weighted by molar-refractivity contribution is -0.119. The Morgan fingerprint density at radius 3 is 2.32 bits per heavy atom. The van der Waals surface area contributed by atoms with Gasteiger partial charge in [-0.25, -0.2) is 13.6 Å². The van der Waals surface area contributed by atoms with Crippen molar-refractivity contribution in [3.8, 4) is 0 Å². The van der Waals surface area contributed by atoms with Crippen molar-refractivity contribution in [3.05, 3.63) is 64.7 Å². The van der Waals surface area contributed by atoms with Crippen LogP contribution >= 0.6 is 11.6 Å². The van der Waals surface area contributed by atoms with E-state index in [0.29, 0.717) is 10.7 Å². The van der Waals surface area contributed by atoms with Gasteiger partial charge in [0.2, 0.25) is 0 Å². The summed E-state index contributed by atoms with van der Waals surface area (Å²) in [6.07, 6.45) is 0. The minimum Gasteiger partial charge on any atom is -0.452 e. The molecule has 0 aliphatic rings. The number of carbonyl (C=O) groups excluding carboxylic acids is 2. The second-order valence-corrected chi connectivity index (χ2v) is 4.61. The third-order valence-electron chi connectivity index (χ3n) is 2.65. The van der Waals surface area contributed by atoms with Crippen molar-refractivity contribution in [2.75, 3.05) is 11.9 Å². The van der Waals surface area contributed by atoms with E-state index in [9.17, 15) is 18.4 Å². The lowest BCUT2D eigenvalue weighted by Gasteiger charge is -2.08. The molecule has 2 aromatic rings. The zero-order chi connectivity index (χ0) is 16.1. The molecule has 0 aromatic heterocycles. The Kier molecular flexibility index (Phi) is 5.06. The van der Waals surface area contributed by atoms with Crippen LogP contribution in [-0.2, 0) is 9.53 Å². The first kappa shape index (κ1) is 15.9. The van der Waals surface area contributed by atoms with Gasteiger partial charge >= 0.3 is 5.97 Å². The maximum atomic E-state index is 13.4.